The lowest BCUT2D eigenvalue weighted by molar-refractivity contribution is -0.144. The highest BCUT2D eigenvalue weighted by Crippen LogP contribution is 2.37. The second kappa shape index (κ2) is 9.03. The van der Waals surface area contributed by atoms with Crippen molar-refractivity contribution in [1.29, 1.82) is 0 Å². The number of carbonyl (C=O) groups is 2. The molecular weight excluding hydrogens is 338 g/mol. The monoisotopic (exact) mass is 375 g/mol. The van der Waals surface area contributed by atoms with Crippen molar-refractivity contribution in [1.82, 2.24) is 4.90 Å². The Bertz CT molecular complexity index is 451. The van der Waals surface area contributed by atoms with Crippen LogP contribution >= 0.6 is 0 Å². The molecule has 0 rings (SSSR count). The molecule has 0 aromatic rings. The van der Waals surface area contributed by atoms with Crippen LogP contribution in [0, 0.1) is 0 Å². The van der Waals surface area contributed by atoms with Gasteiger partial charge in [0.25, 0.3) is 0 Å². The van der Waals surface area contributed by atoms with Gasteiger partial charge in [0.2, 0.25) is 0 Å². The molecule has 0 aliphatic carbocycles. The summed E-state index contributed by atoms with van der Waals surface area (Å²) in [6, 6.07) is 0. The van der Waals surface area contributed by atoms with Gasteiger partial charge in [0, 0.05) is 6.54 Å². The lowest BCUT2D eigenvalue weighted by Gasteiger charge is -2.39. The number of carbonyl (C=O) groups excluding carboxylic acids is 2. The maximum atomic E-state index is 12.4. The molecule has 1 atom stereocenters. The maximum absolute atomic E-state index is 12.4. The number of rotatable bonds is 7. The Kier molecular flexibility index (Phi) is 8.64. The molecule has 0 aromatic heterocycles. The summed E-state index contributed by atoms with van der Waals surface area (Å²) in [6.07, 6.45) is -0.742. The molecule has 0 saturated carbocycles. The summed E-state index contributed by atoms with van der Waals surface area (Å²) in [5.41, 5.74) is -0.631. The minimum atomic E-state index is -1.97. The molecule has 0 heterocycles. The average molecular weight is 376 g/mol. The first-order valence-corrected chi connectivity index (χ1v) is 11.8. The SMILES string of the molecule is CCOC(=O)CN(CC(C)O[Si](C)(C)C(C)(C)C)C(=O)OC(C)(C)C. The van der Waals surface area contributed by atoms with E-state index < -0.39 is 26.0 Å². The quantitative estimate of drug-likeness (QED) is 0.493. The van der Waals surface area contributed by atoms with E-state index in [9.17, 15) is 9.59 Å². The van der Waals surface area contributed by atoms with Crippen molar-refractivity contribution < 1.29 is 23.5 Å². The third-order valence-corrected chi connectivity index (χ3v) is 8.66. The predicted molar refractivity (Wildman–Crippen MR) is 102 cm³/mol. The zero-order valence-corrected chi connectivity index (χ0v) is 18.7. The van der Waals surface area contributed by atoms with Gasteiger partial charge in [0.15, 0.2) is 8.32 Å². The van der Waals surface area contributed by atoms with Crippen molar-refractivity contribution in [2.45, 2.75) is 85.2 Å². The molecule has 1 amide bonds. The fourth-order valence-corrected chi connectivity index (χ4v) is 3.35. The van der Waals surface area contributed by atoms with E-state index in [-0.39, 0.29) is 30.8 Å². The van der Waals surface area contributed by atoms with Gasteiger partial charge in [-0.05, 0) is 52.8 Å². The molecular formula is C18H37NO5Si. The van der Waals surface area contributed by atoms with Gasteiger partial charge < -0.3 is 13.9 Å². The molecule has 0 aliphatic heterocycles. The lowest BCUT2D eigenvalue weighted by atomic mass is 10.2. The summed E-state index contributed by atoms with van der Waals surface area (Å²) in [4.78, 5) is 25.7. The summed E-state index contributed by atoms with van der Waals surface area (Å²) < 4.78 is 16.7. The van der Waals surface area contributed by atoms with Gasteiger partial charge in [-0.3, -0.25) is 9.69 Å². The standard InChI is InChI=1S/C18H37NO5Si/c1-11-22-15(20)13-19(16(21)23-17(3,4)5)12-14(2)24-25(9,10)18(6,7)8/h14H,11-13H2,1-10H3. The van der Waals surface area contributed by atoms with Gasteiger partial charge in [-0.25, -0.2) is 4.79 Å². The third kappa shape index (κ3) is 9.25. The van der Waals surface area contributed by atoms with E-state index in [1.165, 1.54) is 4.90 Å². The van der Waals surface area contributed by atoms with Crippen molar-refractivity contribution in [3.63, 3.8) is 0 Å². The number of hydrogen-bond donors (Lipinski definition) is 0. The highest BCUT2D eigenvalue weighted by Gasteiger charge is 2.39. The lowest BCUT2D eigenvalue weighted by Crippen LogP contribution is -2.48. The summed E-state index contributed by atoms with van der Waals surface area (Å²) in [7, 11) is -1.97. The normalized spacial score (nSPS) is 14.0. The smallest absolute Gasteiger partial charge is 0.410 e. The highest BCUT2D eigenvalue weighted by molar-refractivity contribution is 6.74. The number of ether oxygens (including phenoxy) is 2. The van der Waals surface area contributed by atoms with Gasteiger partial charge in [0.05, 0.1) is 12.7 Å². The number of hydrogen-bond acceptors (Lipinski definition) is 5. The summed E-state index contributed by atoms with van der Waals surface area (Å²) in [5, 5.41) is 0.0686. The Morgan fingerprint density at radius 1 is 1.08 bits per heavy atom. The van der Waals surface area contributed by atoms with Crippen molar-refractivity contribution in [2.75, 3.05) is 19.7 Å². The fourth-order valence-electron chi connectivity index (χ4n) is 1.92. The summed E-state index contributed by atoms with van der Waals surface area (Å²) in [5.74, 6) is -0.451. The first kappa shape index (κ1) is 23.9. The van der Waals surface area contributed by atoms with E-state index in [2.05, 4.69) is 33.9 Å². The molecule has 0 aliphatic rings. The molecule has 0 N–H and O–H groups in total. The van der Waals surface area contributed by atoms with Gasteiger partial charge in [-0.15, -0.1) is 0 Å². The molecule has 0 fully saturated rings. The Morgan fingerprint density at radius 2 is 1.60 bits per heavy atom. The third-order valence-electron chi connectivity index (χ3n) is 4.06. The molecule has 0 saturated heterocycles. The van der Waals surface area contributed by atoms with Crippen LogP contribution in [-0.2, 0) is 18.7 Å². The topological polar surface area (TPSA) is 65.1 Å². The van der Waals surface area contributed by atoms with E-state index >= 15 is 0 Å². The van der Waals surface area contributed by atoms with Crippen LogP contribution in [0.25, 0.3) is 0 Å². The summed E-state index contributed by atoms with van der Waals surface area (Å²) in [6.45, 7) is 20.3. The number of nitrogens with zero attached hydrogens (tertiary/aromatic N) is 1. The molecule has 0 radical (unpaired) electrons. The highest BCUT2D eigenvalue weighted by atomic mass is 28.4. The van der Waals surface area contributed by atoms with Gasteiger partial charge in [-0.2, -0.15) is 0 Å². The molecule has 1 unspecified atom stereocenters. The first-order chi connectivity index (χ1) is 11.1. The summed E-state index contributed by atoms with van der Waals surface area (Å²) >= 11 is 0. The Hall–Kier alpha value is -1.08. The van der Waals surface area contributed by atoms with Crippen LogP contribution in [0.3, 0.4) is 0 Å². The minimum Gasteiger partial charge on any atom is -0.465 e. The van der Waals surface area contributed by atoms with Crippen LogP contribution in [0.1, 0.15) is 55.4 Å². The van der Waals surface area contributed by atoms with Crippen LogP contribution in [0.5, 0.6) is 0 Å². The van der Waals surface area contributed by atoms with Gasteiger partial charge in [0.1, 0.15) is 12.1 Å². The number of amides is 1. The molecule has 0 aromatic carbocycles. The molecule has 0 spiro atoms. The van der Waals surface area contributed by atoms with Crippen molar-refractivity contribution >= 4 is 20.4 Å². The van der Waals surface area contributed by atoms with E-state index in [1.54, 1.807) is 27.7 Å². The van der Waals surface area contributed by atoms with Crippen LogP contribution in [-0.4, -0.2) is 56.7 Å². The van der Waals surface area contributed by atoms with Crippen LogP contribution in [0.2, 0.25) is 18.1 Å². The molecule has 6 nitrogen and oxygen atoms in total. The second-order valence-electron chi connectivity index (χ2n) is 8.85. The number of esters is 1. The fraction of sp³-hybridized carbons (Fsp3) is 0.889. The molecule has 0 bridgehead atoms. The van der Waals surface area contributed by atoms with Crippen LogP contribution in [0.15, 0.2) is 0 Å². The Balaban J connectivity index is 5.09. The van der Waals surface area contributed by atoms with Crippen molar-refractivity contribution in [3.8, 4) is 0 Å². The van der Waals surface area contributed by atoms with Gasteiger partial charge >= 0.3 is 12.1 Å². The van der Waals surface area contributed by atoms with Crippen molar-refractivity contribution in [2.24, 2.45) is 0 Å². The maximum Gasteiger partial charge on any atom is 0.410 e. The molecule has 25 heavy (non-hydrogen) atoms. The largest absolute Gasteiger partial charge is 0.465 e. The van der Waals surface area contributed by atoms with Crippen LogP contribution < -0.4 is 0 Å². The minimum absolute atomic E-state index is 0.0686. The van der Waals surface area contributed by atoms with Crippen molar-refractivity contribution in [3.05, 3.63) is 0 Å². The van der Waals surface area contributed by atoms with Gasteiger partial charge in [-0.1, -0.05) is 20.8 Å². The Morgan fingerprint density at radius 3 is 2.00 bits per heavy atom. The zero-order chi connectivity index (χ0) is 20.1. The average Bonchev–Trinajstić information content (AvgIpc) is 2.33. The van der Waals surface area contributed by atoms with E-state index in [0.29, 0.717) is 0 Å². The molecule has 148 valence electrons. The van der Waals surface area contributed by atoms with E-state index in [4.69, 9.17) is 13.9 Å². The van der Waals surface area contributed by atoms with E-state index in [0.717, 1.165) is 0 Å². The van der Waals surface area contributed by atoms with Crippen LogP contribution in [0.4, 0.5) is 4.79 Å². The zero-order valence-electron chi connectivity index (χ0n) is 17.7. The second-order valence-corrected chi connectivity index (χ2v) is 13.6. The first-order valence-electron chi connectivity index (χ1n) is 8.90. The Labute approximate surface area is 154 Å². The van der Waals surface area contributed by atoms with E-state index in [1.807, 2.05) is 6.92 Å². The predicted octanol–water partition coefficient (Wildman–Crippen LogP) is 4.20. The molecule has 7 heteroatoms.